The van der Waals surface area contributed by atoms with Gasteiger partial charge in [-0.1, -0.05) is 0 Å². The van der Waals surface area contributed by atoms with Crippen LogP contribution in [0.2, 0.25) is 0 Å². The molecular weight excluding hydrogens is 327 g/mol. The van der Waals surface area contributed by atoms with Crippen LogP contribution in [0, 0.1) is 0 Å². The van der Waals surface area contributed by atoms with E-state index < -0.39 is 11.1 Å². The van der Waals surface area contributed by atoms with Crippen LogP contribution in [0.1, 0.15) is 0 Å². The van der Waals surface area contributed by atoms with Crippen molar-refractivity contribution in [3.05, 3.63) is 14.3 Å². The van der Waals surface area contributed by atoms with Gasteiger partial charge in [-0.3, -0.25) is 4.21 Å². The third kappa shape index (κ3) is 3.19. The molecule has 2 nitrogen and oxygen atoms in total. The van der Waals surface area contributed by atoms with Crippen molar-refractivity contribution < 1.29 is 38.3 Å². The van der Waals surface area contributed by atoms with E-state index in [4.69, 9.17) is 0 Å². The van der Waals surface area contributed by atoms with Crippen LogP contribution in [0.3, 0.4) is 0 Å². The van der Waals surface area contributed by atoms with E-state index in [9.17, 15) is 8.76 Å². The van der Waals surface area contributed by atoms with E-state index in [0.29, 0.717) is 8.68 Å². The van der Waals surface area contributed by atoms with Crippen LogP contribution < -0.4 is 29.6 Å². The molecule has 0 fully saturated rings. The van der Waals surface area contributed by atoms with Crippen molar-refractivity contribution in [1.29, 1.82) is 0 Å². The predicted molar refractivity (Wildman–Crippen MR) is 46.9 cm³/mol. The van der Waals surface area contributed by atoms with E-state index in [0.717, 1.165) is 4.47 Å². The topological polar surface area (TPSA) is 40.1 Å². The number of hydrogen-bond donors (Lipinski definition) is 0. The van der Waals surface area contributed by atoms with Gasteiger partial charge in [-0.15, -0.1) is 11.3 Å². The van der Waals surface area contributed by atoms with Crippen molar-refractivity contribution in [2.45, 2.75) is 4.21 Å². The van der Waals surface area contributed by atoms with Gasteiger partial charge in [-0.25, -0.2) is 0 Å². The average Bonchev–Trinajstić information content (AvgIpc) is 2.14. The van der Waals surface area contributed by atoms with E-state index in [1.165, 1.54) is 11.3 Å². The Hall–Kier alpha value is 1.77. The molecule has 1 atom stereocenters. The molecule has 1 rings (SSSR count). The molecule has 7 heteroatoms. The zero-order valence-electron chi connectivity index (χ0n) is 5.47. The van der Waals surface area contributed by atoms with Crippen LogP contribution in [0.5, 0.6) is 0 Å². The van der Waals surface area contributed by atoms with Gasteiger partial charge in [-0.05, 0) is 42.9 Å². The number of hydrogen-bond acceptors (Lipinski definition) is 3. The molecule has 0 aliphatic carbocycles. The van der Waals surface area contributed by atoms with Gasteiger partial charge in [0.1, 0.15) is 0 Å². The second-order valence-electron chi connectivity index (χ2n) is 1.42. The summed E-state index contributed by atoms with van der Waals surface area (Å²) in [5.41, 5.74) is 0. The number of thiophene rings is 1. The normalized spacial score (nSPS) is 12.3. The van der Waals surface area contributed by atoms with Crippen molar-refractivity contribution in [3.8, 4) is 0 Å². The molecule has 11 heavy (non-hydrogen) atoms. The Kier molecular flexibility index (Phi) is 6.37. The Morgan fingerprint density at radius 3 is 2.27 bits per heavy atom. The molecular formula is C4HBr2NaO2S2. The quantitative estimate of drug-likeness (QED) is 0.516. The van der Waals surface area contributed by atoms with Crippen LogP contribution >= 0.6 is 43.2 Å². The number of rotatable bonds is 1. The average molecular weight is 328 g/mol. The Morgan fingerprint density at radius 2 is 2.09 bits per heavy atom. The van der Waals surface area contributed by atoms with Crippen LogP contribution in [-0.4, -0.2) is 8.76 Å². The predicted octanol–water partition coefficient (Wildman–Crippen LogP) is -0.485. The molecule has 0 aliphatic rings. The minimum Gasteiger partial charge on any atom is -0.768 e. The van der Waals surface area contributed by atoms with E-state index in [1.54, 1.807) is 5.38 Å². The van der Waals surface area contributed by atoms with Gasteiger partial charge in [0.05, 0.1) is 8.68 Å². The summed E-state index contributed by atoms with van der Waals surface area (Å²) in [5.74, 6) is 0. The molecule has 1 heterocycles. The molecule has 0 spiro atoms. The third-order valence-corrected chi connectivity index (χ3v) is 5.59. The molecule has 0 bridgehead atoms. The summed E-state index contributed by atoms with van der Waals surface area (Å²) in [6.07, 6.45) is 0. The van der Waals surface area contributed by atoms with E-state index >= 15 is 0 Å². The molecule has 0 aromatic carbocycles. The smallest absolute Gasteiger partial charge is 0.768 e. The summed E-state index contributed by atoms with van der Waals surface area (Å²) >= 11 is 5.35. The third-order valence-electron chi connectivity index (χ3n) is 0.810. The maximum absolute atomic E-state index is 10.4. The fraction of sp³-hybridized carbons (Fsp3) is 0. The summed E-state index contributed by atoms with van der Waals surface area (Å²) in [4.78, 5) is 0. The SMILES string of the molecule is O=S([O-])c1scc(Br)c1Br.[Na+]. The fourth-order valence-electron chi connectivity index (χ4n) is 0.419. The summed E-state index contributed by atoms with van der Waals surface area (Å²) in [7, 11) is 0. The molecule has 0 saturated heterocycles. The van der Waals surface area contributed by atoms with E-state index in [-0.39, 0.29) is 29.6 Å². The van der Waals surface area contributed by atoms with Crippen molar-refractivity contribution in [2.24, 2.45) is 0 Å². The maximum Gasteiger partial charge on any atom is 1.00 e. The molecule has 0 amide bonds. The van der Waals surface area contributed by atoms with Crippen molar-refractivity contribution >= 4 is 54.3 Å². The summed E-state index contributed by atoms with van der Waals surface area (Å²) in [6, 6.07) is 0. The first kappa shape index (κ1) is 12.8. The Balaban J connectivity index is 0.000001000. The van der Waals surface area contributed by atoms with Crippen LogP contribution in [0.15, 0.2) is 18.5 Å². The molecule has 0 radical (unpaired) electrons. The van der Waals surface area contributed by atoms with Crippen molar-refractivity contribution in [2.75, 3.05) is 0 Å². The first-order chi connectivity index (χ1) is 4.63. The van der Waals surface area contributed by atoms with Gasteiger partial charge in [0.25, 0.3) is 0 Å². The van der Waals surface area contributed by atoms with Crippen LogP contribution in [-0.2, 0) is 11.1 Å². The van der Waals surface area contributed by atoms with Gasteiger partial charge in [0.2, 0.25) is 0 Å². The van der Waals surface area contributed by atoms with Crippen molar-refractivity contribution in [1.82, 2.24) is 0 Å². The fourth-order valence-corrected chi connectivity index (χ4v) is 3.36. The molecule has 1 aromatic heterocycles. The number of halogens is 2. The zero-order valence-corrected chi connectivity index (χ0v) is 12.3. The summed E-state index contributed by atoms with van der Waals surface area (Å²) in [5, 5.41) is 1.72. The van der Waals surface area contributed by atoms with E-state index in [1.807, 2.05) is 0 Å². The largest absolute Gasteiger partial charge is 1.00 e. The van der Waals surface area contributed by atoms with Gasteiger partial charge >= 0.3 is 29.6 Å². The second kappa shape index (κ2) is 5.49. The molecule has 1 unspecified atom stereocenters. The van der Waals surface area contributed by atoms with Gasteiger partial charge in [-0.2, -0.15) is 0 Å². The molecule has 0 N–H and O–H groups in total. The zero-order chi connectivity index (χ0) is 7.72. The standard InChI is InChI=1S/C4H2Br2O2S2.Na/c5-2-1-9-4(3(2)6)10(7)8;/h1H,(H,7,8);/q;+1/p-1. The molecule has 0 saturated carbocycles. The van der Waals surface area contributed by atoms with Crippen LogP contribution in [0.4, 0.5) is 0 Å². The molecule has 0 aliphatic heterocycles. The van der Waals surface area contributed by atoms with E-state index in [2.05, 4.69) is 31.9 Å². The molecule has 56 valence electrons. The van der Waals surface area contributed by atoms with Crippen LogP contribution in [0.25, 0.3) is 0 Å². The van der Waals surface area contributed by atoms with Crippen molar-refractivity contribution in [3.63, 3.8) is 0 Å². The Bertz CT molecular complexity index is 275. The Morgan fingerprint density at radius 1 is 1.55 bits per heavy atom. The first-order valence-corrected chi connectivity index (χ1v) is 5.68. The van der Waals surface area contributed by atoms with Gasteiger partial charge < -0.3 is 4.55 Å². The Labute approximate surface area is 110 Å². The maximum atomic E-state index is 10.4. The minimum absolute atomic E-state index is 0. The molecule has 1 aromatic rings. The summed E-state index contributed by atoms with van der Waals surface area (Å²) in [6.45, 7) is 0. The minimum atomic E-state index is -2.13. The van der Waals surface area contributed by atoms with Gasteiger partial charge in [0, 0.05) is 9.85 Å². The first-order valence-electron chi connectivity index (χ1n) is 2.14. The second-order valence-corrected chi connectivity index (χ2v) is 5.08. The monoisotopic (exact) mass is 326 g/mol. The van der Waals surface area contributed by atoms with Gasteiger partial charge in [0.15, 0.2) is 0 Å². The summed E-state index contributed by atoms with van der Waals surface area (Å²) < 4.78 is 22.5.